The van der Waals surface area contributed by atoms with Gasteiger partial charge in [-0.05, 0) is 92.5 Å². The van der Waals surface area contributed by atoms with Crippen molar-refractivity contribution in [1.29, 1.82) is 0 Å². The third kappa shape index (κ3) is 5.63. The van der Waals surface area contributed by atoms with Crippen LogP contribution in [0.3, 0.4) is 0 Å². The highest BCUT2D eigenvalue weighted by atomic mass is 15.2. The Morgan fingerprint density at radius 1 is 0.373 bits per heavy atom. The Morgan fingerprint density at radius 2 is 0.881 bits per heavy atom. The summed E-state index contributed by atoms with van der Waals surface area (Å²) in [6.45, 7) is 4.72. The van der Waals surface area contributed by atoms with Crippen LogP contribution in [0.1, 0.15) is 25.0 Å². The summed E-state index contributed by atoms with van der Waals surface area (Å²) in [4.78, 5) is 2.49. The zero-order chi connectivity index (χ0) is 39.5. The van der Waals surface area contributed by atoms with Gasteiger partial charge in [0.15, 0.2) is 0 Å². The Labute approximate surface area is 345 Å². The van der Waals surface area contributed by atoms with E-state index in [1.807, 2.05) is 0 Å². The molecule has 280 valence electrons. The number of benzene rings is 9. The lowest BCUT2D eigenvalue weighted by Gasteiger charge is -2.30. The smallest absolute Gasteiger partial charge is 0.0782 e. The van der Waals surface area contributed by atoms with Crippen LogP contribution < -0.4 is 4.90 Å². The molecule has 0 amide bonds. The summed E-state index contributed by atoms with van der Waals surface area (Å²) in [5, 5.41) is 2.45. The summed E-state index contributed by atoms with van der Waals surface area (Å²) in [6, 6.07) is 79.8. The van der Waals surface area contributed by atoms with E-state index in [0.29, 0.717) is 0 Å². The largest absolute Gasteiger partial charge is 0.308 e. The van der Waals surface area contributed by atoms with Crippen LogP contribution in [0.15, 0.2) is 218 Å². The molecule has 0 saturated heterocycles. The zero-order valence-corrected chi connectivity index (χ0v) is 33.2. The molecule has 0 radical (unpaired) electrons. The van der Waals surface area contributed by atoms with Gasteiger partial charge in [-0.1, -0.05) is 190 Å². The van der Waals surface area contributed by atoms with Gasteiger partial charge in [0.2, 0.25) is 0 Å². The van der Waals surface area contributed by atoms with Crippen LogP contribution in [0.25, 0.3) is 72.0 Å². The average molecular weight is 755 g/mol. The van der Waals surface area contributed by atoms with Crippen molar-refractivity contribution in [2.75, 3.05) is 4.90 Å². The minimum absolute atomic E-state index is 0.103. The Hall–Kier alpha value is -7.42. The number of hydrogen-bond donors (Lipinski definition) is 0. The van der Waals surface area contributed by atoms with E-state index in [2.05, 4.69) is 242 Å². The second-order valence-electron chi connectivity index (χ2n) is 16.1. The number of anilines is 3. The van der Waals surface area contributed by atoms with Crippen LogP contribution in [0.4, 0.5) is 17.1 Å². The Kier molecular flexibility index (Phi) is 8.20. The van der Waals surface area contributed by atoms with Gasteiger partial charge in [-0.2, -0.15) is 0 Å². The standard InChI is InChI=1S/C57H42N2/c1-57(2)50-26-12-9-23-49(50)55-47(24-15-27-51(55)57)45-21-10-13-28-52(45)58(44-37-35-42(36-38-44)41-33-31-40(32-34-41)39-17-5-3-6-18-39)54-30-16-25-48-46-22-11-14-29-53(46)59(56(48)54)43-19-7-4-8-20-43/h3-38H,1-2H3. The van der Waals surface area contributed by atoms with Crippen LogP contribution >= 0.6 is 0 Å². The topological polar surface area (TPSA) is 8.17 Å². The lowest BCUT2D eigenvalue weighted by Crippen LogP contribution is -2.15. The SMILES string of the molecule is CC1(C)c2ccccc2-c2c(-c3ccccc3N(c3ccc(-c4ccc(-c5ccccc5)cc4)cc3)c3cccc4c5ccccc5n(-c5ccccc5)c34)cccc21. The van der Waals surface area contributed by atoms with Crippen LogP contribution in [-0.2, 0) is 5.41 Å². The predicted molar refractivity (Wildman–Crippen MR) is 249 cm³/mol. The van der Waals surface area contributed by atoms with E-state index in [1.54, 1.807) is 0 Å². The van der Waals surface area contributed by atoms with Gasteiger partial charge in [-0.15, -0.1) is 0 Å². The first-order chi connectivity index (χ1) is 29.1. The van der Waals surface area contributed by atoms with Crippen molar-refractivity contribution < 1.29 is 0 Å². The highest BCUT2D eigenvalue weighted by Crippen LogP contribution is 2.54. The van der Waals surface area contributed by atoms with Crippen LogP contribution in [-0.4, -0.2) is 4.57 Å². The van der Waals surface area contributed by atoms with E-state index < -0.39 is 0 Å². The number of hydrogen-bond acceptors (Lipinski definition) is 1. The molecule has 2 heteroatoms. The fourth-order valence-corrected chi connectivity index (χ4v) is 9.60. The quantitative estimate of drug-likeness (QED) is 0.157. The van der Waals surface area contributed by atoms with Crippen molar-refractivity contribution in [2.24, 2.45) is 0 Å². The molecule has 1 heterocycles. The molecule has 59 heavy (non-hydrogen) atoms. The van der Waals surface area contributed by atoms with E-state index in [4.69, 9.17) is 0 Å². The summed E-state index contributed by atoms with van der Waals surface area (Å²) in [5.41, 5.74) is 19.3. The van der Waals surface area contributed by atoms with E-state index >= 15 is 0 Å². The molecule has 9 aromatic carbocycles. The lowest BCUT2D eigenvalue weighted by atomic mass is 9.82. The van der Waals surface area contributed by atoms with Crippen LogP contribution in [0, 0.1) is 0 Å². The molecule has 11 rings (SSSR count). The Bertz CT molecular complexity index is 3150. The second kappa shape index (κ2) is 13.9. The molecule has 1 aliphatic rings. The van der Waals surface area contributed by atoms with Gasteiger partial charge in [-0.3, -0.25) is 0 Å². The normalized spacial score (nSPS) is 12.7. The van der Waals surface area contributed by atoms with Crippen molar-refractivity contribution in [1.82, 2.24) is 4.57 Å². The number of nitrogens with zero attached hydrogens (tertiary/aromatic N) is 2. The molecule has 1 aliphatic carbocycles. The molecule has 1 aromatic heterocycles. The van der Waals surface area contributed by atoms with Gasteiger partial charge in [0.1, 0.15) is 0 Å². The van der Waals surface area contributed by atoms with Crippen molar-refractivity contribution in [3.05, 3.63) is 230 Å². The summed E-state index contributed by atoms with van der Waals surface area (Å²) < 4.78 is 2.44. The zero-order valence-electron chi connectivity index (χ0n) is 33.2. The van der Waals surface area contributed by atoms with Crippen molar-refractivity contribution in [3.63, 3.8) is 0 Å². The molecule has 0 fully saturated rings. The molecular weight excluding hydrogens is 713 g/mol. The number of aromatic nitrogens is 1. The minimum atomic E-state index is -0.103. The van der Waals surface area contributed by atoms with Gasteiger partial charge < -0.3 is 9.47 Å². The first-order valence-electron chi connectivity index (χ1n) is 20.5. The third-order valence-corrected chi connectivity index (χ3v) is 12.4. The number of para-hydroxylation sites is 4. The summed E-state index contributed by atoms with van der Waals surface area (Å²) in [5.74, 6) is 0. The molecule has 2 nitrogen and oxygen atoms in total. The number of rotatable bonds is 7. The van der Waals surface area contributed by atoms with E-state index in [-0.39, 0.29) is 5.41 Å². The van der Waals surface area contributed by atoms with Gasteiger partial charge in [0, 0.05) is 33.1 Å². The summed E-state index contributed by atoms with van der Waals surface area (Å²) >= 11 is 0. The maximum atomic E-state index is 2.49. The lowest BCUT2D eigenvalue weighted by molar-refractivity contribution is 0.660. The van der Waals surface area contributed by atoms with Crippen LogP contribution in [0.5, 0.6) is 0 Å². The predicted octanol–water partition coefficient (Wildman–Crippen LogP) is 15.6. The van der Waals surface area contributed by atoms with Crippen LogP contribution in [0.2, 0.25) is 0 Å². The second-order valence-corrected chi connectivity index (χ2v) is 16.1. The molecule has 0 saturated carbocycles. The monoisotopic (exact) mass is 754 g/mol. The molecule has 0 atom stereocenters. The fraction of sp³-hybridized carbons (Fsp3) is 0.0526. The molecule has 0 aliphatic heterocycles. The van der Waals surface area contributed by atoms with Crippen molar-refractivity contribution in [3.8, 4) is 50.2 Å². The maximum Gasteiger partial charge on any atom is 0.0782 e. The van der Waals surface area contributed by atoms with Crippen molar-refractivity contribution in [2.45, 2.75) is 19.3 Å². The van der Waals surface area contributed by atoms with E-state index in [0.717, 1.165) is 22.7 Å². The number of fused-ring (bicyclic) bond motifs is 6. The molecule has 0 spiro atoms. The minimum Gasteiger partial charge on any atom is -0.308 e. The first kappa shape index (κ1) is 34.8. The summed E-state index contributed by atoms with van der Waals surface area (Å²) in [6.07, 6.45) is 0. The molecule has 0 unspecified atom stereocenters. The molecule has 10 aromatic rings. The highest BCUT2D eigenvalue weighted by molar-refractivity contribution is 6.15. The Balaban J connectivity index is 1.15. The molecule has 0 N–H and O–H groups in total. The van der Waals surface area contributed by atoms with Crippen molar-refractivity contribution >= 4 is 38.9 Å². The Morgan fingerprint density at radius 3 is 1.63 bits per heavy atom. The van der Waals surface area contributed by atoms with E-state index in [1.165, 1.54) is 77.4 Å². The molecule has 0 bridgehead atoms. The molecular formula is C57H42N2. The first-order valence-corrected chi connectivity index (χ1v) is 20.5. The van der Waals surface area contributed by atoms with Gasteiger partial charge >= 0.3 is 0 Å². The van der Waals surface area contributed by atoms with Gasteiger partial charge in [0.25, 0.3) is 0 Å². The summed E-state index contributed by atoms with van der Waals surface area (Å²) in [7, 11) is 0. The average Bonchev–Trinajstić information content (AvgIpc) is 3.77. The maximum absolute atomic E-state index is 2.49. The third-order valence-electron chi connectivity index (χ3n) is 12.4. The van der Waals surface area contributed by atoms with E-state index in [9.17, 15) is 0 Å². The van der Waals surface area contributed by atoms with Gasteiger partial charge in [-0.25, -0.2) is 0 Å². The fourth-order valence-electron chi connectivity index (χ4n) is 9.60. The highest BCUT2D eigenvalue weighted by Gasteiger charge is 2.37. The van der Waals surface area contributed by atoms with Gasteiger partial charge in [0.05, 0.1) is 22.4 Å².